The first-order valence-corrected chi connectivity index (χ1v) is 12.3. The summed E-state index contributed by atoms with van der Waals surface area (Å²) < 4.78 is 10.9. The van der Waals surface area contributed by atoms with Gasteiger partial charge in [0.1, 0.15) is 6.04 Å². The molecule has 0 aliphatic carbocycles. The molecule has 2 aliphatic rings. The fraction of sp³-hybridized carbons (Fsp3) is 0.400. The minimum atomic E-state index is -0.839. The molecule has 7 nitrogen and oxygen atoms in total. The van der Waals surface area contributed by atoms with Gasteiger partial charge in [-0.3, -0.25) is 19.3 Å². The zero-order valence-electron chi connectivity index (χ0n) is 19.3. The van der Waals surface area contributed by atoms with Crippen LogP contribution in [0.25, 0.3) is 0 Å². The van der Waals surface area contributed by atoms with Crippen molar-refractivity contribution < 1.29 is 23.9 Å². The maximum atomic E-state index is 13.8. The van der Waals surface area contributed by atoms with E-state index in [0.29, 0.717) is 47.8 Å². The molecule has 4 rings (SSSR count). The van der Waals surface area contributed by atoms with Crippen LogP contribution in [0.15, 0.2) is 36.4 Å². The lowest BCUT2D eigenvalue weighted by molar-refractivity contribution is -0.138. The average molecular weight is 469 g/mol. The van der Waals surface area contributed by atoms with E-state index in [1.165, 1.54) is 4.90 Å². The Labute approximate surface area is 198 Å². The van der Waals surface area contributed by atoms with Gasteiger partial charge in [0.25, 0.3) is 11.8 Å². The summed E-state index contributed by atoms with van der Waals surface area (Å²) in [4.78, 5) is 43.1. The number of benzene rings is 2. The molecule has 3 amide bonds. The molecular weight excluding hydrogens is 440 g/mol. The Morgan fingerprint density at radius 1 is 1.09 bits per heavy atom. The second kappa shape index (κ2) is 9.47. The van der Waals surface area contributed by atoms with Gasteiger partial charge < -0.3 is 14.4 Å². The van der Waals surface area contributed by atoms with Gasteiger partial charge in [0.05, 0.1) is 31.4 Å². The number of nitrogens with zero attached hydrogens (tertiary/aromatic N) is 2. The van der Waals surface area contributed by atoms with Crippen LogP contribution in [0.2, 0.25) is 0 Å². The van der Waals surface area contributed by atoms with Crippen LogP contribution in [-0.4, -0.2) is 66.3 Å². The van der Waals surface area contributed by atoms with Crippen molar-refractivity contribution in [1.29, 1.82) is 0 Å². The summed E-state index contributed by atoms with van der Waals surface area (Å²) in [5.41, 5.74) is 2.81. The molecule has 0 unspecified atom stereocenters. The van der Waals surface area contributed by atoms with Crippen molar-refractivity contribution in [2.75, 3.05) is 32.8 Å². The maximum Gasteiger partial charge on any atom is 0.262 e. The molecule has 0 aromatic heterocycles. The van der Waals surface area contributed by atoms with Crippen molar-refractivity contribution in [3.8, 4) is 11.5 Å². The minimum Gasteiger partial charge on any atom is -0.493 e. The predicted octanol–water partition coefficient (Wildman–Crippen LogP) is 3.57. The summed E-state index contributed by atoms with van der Waals surface area (Å²) in [6.07, 6.45) is 3.01. The minimum absolute atomic E-state index is 0.202. The number of thioether (sulfide) groups is 1. The summed E-state index contributed by atoms with van der Waals surface area (Å²) in [5.74, 6) is 0.932. The first kappa shape index (κ1) is 23.2. The SMILES string of the molecule is COc1cc2c(cc1OC)[C@H](C)N(C(=O)[C@H](CCSC)N1C(=O)c3ccccc3C1=O)CC2. The Bertz CT molecular complexity index is 1070. The Hall–Kier alpha value is -3.00. The van der Waals surface area contributed by atoms with Crippen molar-refractivity contribution in [2.24, 2.45) is 0 Å². The number of imide groups is 1. The van der Waals surface area contributed by atoms with E-state index >= 15 is 0 Å². The van der Waals surface area contributed by atoms with E-state index in [1.807, 2.05) is 25.3 Å². The fourth-order valence-electron chi connectivity index (χ4n) is 4.72. The normalized spacial score (nSPS) is 18.1. The molecule has 2 atom stereocenters. The number of hydrogen-bond acceptors (Lipinski definition) is 6. The summed E-state index contributed by atoms with van der Waals surface area (Å²) >= 11 is 1.59. The number of amides is 3. The van der Waals surface area contributed by atoms with Gasteiger partial charge in [-0.25, -0.2) is 0 Å². The van der Waals surface area contributed by atoms with Gasteiger partial charge in [0.15, 0.2) is 11.5 Å². The lowest BCUT2D eigenvalue weighted by atomic mass is 9.92. The van der Waals surface area contributed by atoms with Crippen LogP contribution >= 0.6 is 11.8 Å². The Balaban J connectivity index is 1.66. The van der Waals surface area contributed by atoms with Crippen molar-refractivity contribution in [2.45, 2.75) is 31.8 Å². The zero-order valence-corrected chi connectivity index (χ0v) is 20.1. The molecule has 0 saturated carbocycles. The van der Waals surface area contributed by atoms with Crippen LogP contribution in [0, 0.1) is 0 Å². The lowest BCUT2D eigenvalue weighted by Gasteiger charge is -2.39. The molecule has 0 saturated heterocycles. The largest absolute Gasteiger partial charge is 0.493 e. The molecule has 0 spiro atoms. The van der Waals surface area contributed by atoms with Gasteiger partial charge in [-0.1, -0.05) is 12.1 Å². The highest BCUT2D eigenvalue weighted by atomic mass is 32.2. The van der Waals surface area contributed by atoms with E-state index in [0.717, 1.165) is 11.1 Å². The van der Waals surface area contributed by atoms with Crippen LogP contribution < -0.4 is 9.47 Å². The van der Waals surface area contributed by atoms with Crippen LogP contribution in [0.5, 0.6) is 11.5 Å². The number of hydrogen-bond donors (Lipinski definition) is 0. The zero-order chi connectivity index (χ0) is 23.7. The molecule has 8 heteroatoms. The standard InChI is InChI=1S/C25H28N2O5S/c1-15-19-14-22(32-3)21(31-2)13-16(19)9-11-26(15)25(30)20(10-12-33-4)27-23(28)17-7-5-6-8-18(17)24(27)29/h5-8,13-15,20H,9-12H2,1-4H3/t15-,20-/m0/s1. The molecule has 0 N–H and O–H groups in total. The quantitative estimate of drug-likeness (QED) is 0.579. The monoisotopic (exact) mass is 468 g/mol. The second-order valence-electron chi connectivity index (χ2n) is 8.19. The number of fused-ring (bicyclic) bond motifs is 2. The van der Waals surface area contributed by atoms with Gasteiger partial charge in [-0.05, 0) is 67.2 Å². The van der Waals surface area contributed by atoms with Crippen molar-refractivity contribution >= 4 is 29.5 Å². The van der Waals surface area contributed by atoms with E-state index in [-0.39, 0.29) is 11.9 Å². The number of carbonyl (C=O) groups is 3. The average Bonchev–Trinajstić information content (AvgIpc) is 3.09. The van der Waals surface area contributed by atoms with E-state index < -0.39 is 17.9 Å². The third kappa shape index (κ3) is 3.97. The molecule has 0 fully saturated rings. The highest BCUT2D eigenvalue weighted by molar-refractivity contribution is 7.98. The van der Waals surface area contributed by atoms with Gasteiger partial charge in [-0.15, -0.1) is 0 Å². The van der Waals surface area contributed by atoms with Crippen molar-refractivity contribution in [3.05, 3.63) is 58.7 Å². The third-order valence-electron chi connectivity index (χ3n) is 6.49. The van der Waals surface area contributed by atoms with Crippen LogP contribution in [0.3, 0.4) is 0 Å². The van der Waals surface area contributed by atoms with Gasteiger partial charge in [0, 0.05) is 6.54 Å². The van der Waals surface area contributed by atoms with Gasteiger partial charge >= 0.3 is 0 Å². The van der Waals surface area contributed by atoms with E-state index in [4.69, 9.17) is 9.47 Å². The number of rotatable bonds is 7. The number of methoxy groups -OCH3 is 2. The van der Waals surface area contributed by atoms with Gasteiger partial charge in [0.2, 0.25) is 5.91 Å². The predicted molar refractivity (Wildman–Crippen MR) is 127 cm³/mol. The summed E-state index contributed by atoms with van der Waals surface area (Å²) in [6.45, 7) is 2.47. The van der Waals surface area contributed by atoms with E-state index in [9.17, 15) is 14.4 Å². The molecule has 33 heavy (non-hydrogen) atoms. The molecule has 0 bridgehead atoms. The van der Waals surface area contributed by atoms with Crippen LogP contribution in [-0.2, 0) is 11.2 Å². The molecule has 2 aliphatic heterocycles. The van der Waals surface area contributed by atoms with E-state index in [2.05, 4.69) is 0 Å². The molecular formula is C25H28N2O5S. The number of carbonyl (C=O) groups excluding carboxylic acids is 3. The number of ether oxygens (including phenoxy) is 2. The molecule has 0 radical (unpaired) electrons. The third-order valence-corrected chi connectivity index (χ3v) is 7.13. The molecule has 2 heterocycles. The molecule has 174 valence electrons. The highest BCUT2D eigenvalue weighted by Gasteiger charge is 2.44. The first-order chi connectivity index (χ1) is 15.9. The summed E-state index contributed by atoms with van der Waals surface area (Å²) in [7, 11) is 3.19. The van der Waals surface area contributed by atoms with Crippen LogP contribution in [0.4, 0.5) is 0 Å². The van der Waals surface area contributed by atoms with Gasteiger partial charge in [-0.2, -0.15) is 11.8 Å². The smallest absolute Gasteiger partial charge is 0.262 e. The Kier molecular flexibility index (Phi) is 6.65. The van der Waals surface area contributed by atoms with Crippen molar-refractivity contribution in [3.63, 3.8) is 0 Å². The summed E-state index contributed by atoms with van der Waals surface area (Å²) in [5, 5.41) is 0. The Morgan fingerprint density at radius 3 is 2.27 bits per heavy atom. The van der Waals surface area contributed by atoms with Crippen LogP contribution in [0.1, 0.15) is 51.2 Å². The second-order valence-corrected chi connectivity index (χ2v) is 9.17. The lowest BCUT2D eigenvalue weighted by Crippen LogP contribution is -2.53. The topological polar surface area (TPSA) is 76.2 Å². The molecule has 2 aromatic rings. The summed E-state index contributed by atoms with van der Waals surface area (Å²) in [6, 6.07) is 9.56. The Morgan fingerprint density at radius 2 is 1.70 bits per heavy atom. The van der Waals surface area contributed by atoms with E-state index in [1.54, 1.807) is 55.1 Å². The van der Waals surface area contributed by atoms with Crippen molar-refractivity contribution in [1.82, 2.24) is 9.80 Å². The molecule has 2 aromatic carbocycles. The highest BCUT2D eigenvalue weighted by Crippen LogP contribution is 2.39. The first-order valence-electron chi connectivity index (χ1n) is 10.9. The fourth-order valence-corrected chi connectivity index (χ4v) is 5.18. The maximum absolute atomic E-state index is 13.8.